The molecule has 98 valence electrons. The Morgan fingerprint density at radius 1 is 1.44 bits per heavy atom. The first-order valence-corrected chi connectivity index (χ1v) is 6.17. The fraction of sp³-hybridized carbons (Fsp3) is 0.667. The van der Waals surface area contributed by atoms with E-state index in [1.165, 1.54) is 0 Å². The number of likely N-dealkylation sites (tertiary alicyclic amines) is 1. The van der Waals surface area contributed by atoms with Crippen LogP contribution in [0.2, 0.25) is 0 Å². The van der Waals surface area contributed by atoms with Gasteiger partial charge in [0.1, 0.15) is 0 Å². The molecular formula is C12H17N3O3. The summed E-state index contributed by atoms with van der Waals surface area (Å²) in [5.74, 6) is -0.603. The molecule has 2 aliphatic heterocycles. The molecule has 3 rings (SSSR count). The fourth-order valence-corrected chi connectivity index (χ4v) is 2.49. The zero-order chi connectivity index (χ0) is 12.8. The van der Waals surface area contributed by atoms with Crippen molar-refractivity contribution in [2.45, 2.75) is 19.1 Å². The molecule has 2 saturated heterocycles. The lowest BCUT2D eigenvalue weighted by Gasteiger charge is -2.21. The Bertz CT molecular complexity index is 457. The van der Waals surface area contributed by atoms with Gasteiger partial charge in [-0.05, 0) is 13.0 Å². The van der Waals surface area contributed by atoms with E-state index in [2.05, 4.69) is 5.10 Å². The van der Waals surface area contributed by atoms with Crippen LogP contribution in [0, 0.1) is 6.92 Å². The first kappa shape index (κ1) is 11.7. The fourth-order valence-electron chi connectivity index (χ4n) is 2.49. The monoisotopic (exact) mass is 251 g/mol. The summed E-state index contributed by atoms with van der Waals surface area (Å²) >= 11 is 0. The molecule has 1 aromatic heterocycles. The van der Waals surface area contributed by atoms with Crippen molar-refractivity contribution in [3.05, 3.63) is 17.5 Å². The number of carbonyl (C=O) groups excluding carboxylic acids is 1. The molecule has 0 radical (unpaired) electrons. The van der Waals surface area contributed by atoms with Gasteiger partial charge in [-0.3, -0.25) is 9.48 Å². The third-order valence-corrected chi connectivity index (χ3v) is 3.63. The highest BCUT2D eigenvalue weighted by atomic mass is 16.7. The van der Waals surface area contributed by atoms with Crippen LogP contribution in [0.4, 0.5) is 0 Å². The summed E-state index contributed by atoms with van der Waals surface area (Å²) in [6, 6.07) is 1.81. The predicted molar refractivity (Wildman–Crippen MR) is 63.1 cm³/mol. The van der Waals surface area contributed by atoms with Crippen molar-refractivity contribution in [2.75, 3.05) is 26.3 Å². The highest BCUT2D eigenvalue weighted by molar-refractivity contribution is 5.92. The Morgan fingerprint density at radius 3 is 2.78 bits per heavy atom. The maximum absolute atomic E-state index is 12.3. The van der Waals surface area contributed by atoms with Gasteiger partial charge in [-0.2, -0.15) is 5.10 Å². The second-order valence-corrected chi connectivity index (χ2v) is 4.88. The van der Waals surface area contributed by atoms with Gasteiger partial charge in [0.05, 0.1) is 19.8 Å². The number of hydrogen-bond acceptors (Lipinski definition) is 4. The van der Waals surface area contributed by atoms with Gasteiger partial charge in [0.15, 0.2) is 11.5 Å². The van der Waals surface area contributed by atoms with Gasteiger partial charge in [0.25, 0.3) is 5.91 Å². The van der Waals surface area contributed by atoms with E-state index in [9.17, 15) is 4.79 Å². The van der Waals surface area contributed by atoms with Crippen molar-refractivity contribution in [1.29, 1.82) is 0 Å². The molecule has 6 heteroatoms. The maximum atomic E-state index is 12.3. The molecule has 0 saturated carbocycles. The van der Waals surface area contributed by atoms with Gasteiger partial charge in [-0.25, -0.2) is 0 Å². The van der Waals surface area contributed by atoms with Gasteiger partial charge in [-0.15, -0.1) is 0 Å². The third kappa shape index (κ3) is 1.81. The van der Waals surface area contributed by atoms with Gasteiger partial charge in [0.2, 0.25) is 0 Å². The number of ether oxygens (including phenoxy) is 2. The van der Waals surface area contributed by atoms with Crippen molar-refractivity contribution in [3.8, 4) is 0 Å². The van der Waals surface area contributed by atoms with Gasteiger partial charge in [-0.1, -0.05) is 0 Å². The van der Waals surface area contributed by atoms with Gasteiger partial charge in [0, 0.05) is 25.7 Å². The summed E-state index contributed by atoms with van der Waals surface area (Å²) in [7, 11) is 1.83. The van der Waals surface area contributed by atoms with Crippen molar-refractivity contribution < 1.29 is 14.3 Å². The van der Waals surface area contributed by atoms with Crippen molar-refractivity contribution >= 4 is 5.91 Å². The van der Waals surface area contributed by atoms with E-state index >= 15 is 0 Å². The molecule has 1 amide bonds. The zero-order valence-electron chi connectivity index (χ0n) is 10.7. The number of aryl methyl sites for hydroxylation is 2. The van der Waals surface area contributed by atoms with E-state index in [-0.39, 0.29) is 5.91 Å². The summed E-state index contributed by atoms with van der Waals surface area (Å²) in [5, 5.41) is 4.21. The second-order valence-electron chi connectivity index (χ2n) is 4.88. The molecule has 0 N–H and O–H groups in total. The highest BCUT2D eigenvalue weighted by Crippen LogP contribution is 2.31. The summed E-state index contributed by atoms with van der Waals surface area (Å²) < 4.78 is 12.9. The molecule has 2 aliphatic rings. The number of amides is 1. The molecule has 2 fully saturated rings. The average Bonchev–Trinajstić information content (AvgIpc) is 3.04. The first-order chi connectivity index (χ1) is 8.60. The molecule has 6 nitrogen and oxygen atoms in total. The molecule has 1 spiro atoms. The van der Waals surface area contributed by atoms with E-state index in [4.69, 9.17) is 9.47 Å². The highest BCUT2D eigenvalue weighted by Gasteiger charge is 2.45. The maximum Gasteiger partial charge on any atom is 0.274 e. The van der Waals surface area contributed by atoms with Crippen LogP contribution in [0.25, 0.3) is 0 Å². The van der Waals surface area contributed by atoms with E-state index < -0.39 is 5.79 Å². The molecule has 0 aliphatic carbocycles. The van der Waals surface area contributed by atoms with Crippen molar-refractivity contribution in [1.82, 2.24) is 14.7 Å². The molecule has 1 aromatic rings. The smallest absolute Gasteiger partial charge is 0.274 e. The topological polar surface area (TPSA) is 56.6 Å². The second kappa shape index (κ2) is 4.07. The number of nitrogens with zero attached hydrogens (tertiary/aromatic N) is 3. The van der Waals surface area contributed by atoms with Gasteiger partial charge < -0.3 is 14.4 Å². The molecule has 0 aromatic carbocycles. The lowest BCUT2D eigenvalue weighted by atomic mass is 10.2. The number of carbonyl (C=O) groups is 1. The van der Waals surface area contributed by atoms with Crippen molar-refractivity contribution in [3.63, 3.8) is 0 Å². The van der Waals surface area contributed by atoms with E-state index in [0.29, 0.717) is 32.0 Å². The standard InChI is InChI=1S/C12H17N3O3/c1-9-7-10(13-14(9)2)11(16)15-4-3-12(8-15)17-5-6-18-12/h7H,3-6,8H2,1-2H3. The van der Waals surface area contributed by atoms with E-state index in [0.717, 1.165) is 12.1 Å². The average molecular weight is 251 g/mol. The van der Waals surface area contributed by atoms with Crippen LogP contribution in [0.1, 0.15) is 22.6 Å². The Balaban J connectivity index is 1.74. The Labute approximate surface area is 105 Å². The number of hydrogen-bond donors (Lipinski definition) is 0. The summed E-state index contributed by atoms with van der Waals surface area (Å²) in [4.78, 5) is 14.0. The van der Waals surface area contributed by atoms with E-state index in [1.54, 1.807) is 9.58 Å². The minimum Gasteiger partial charge on any atom is -0.346 e. The van der Waals surface area contributed by atoms with Crippen molar-refractivity contribution in [2.24, 2.45) is 7.05 Å². The summed E-state index contributed by atoms with van der Waals surface area (Å²) in [6.07, 6.45) is 0.741. The van der Waals surface area contributed by atoms with Crippen LogP contribution in [0.5, 0.6) is 0 Å². The third-order valence-electron chi connectivity index (χ3n) is 3.63. The molecule has 3 heterocycles. The normalized spacial score (nSPS) is 22.0. The Kier molecular flexibility index (Phi) is 2.64. The van der Waals surface area contributed by atoms with Crippen LogP contribution in [-0.4, -0.2) is 52.7 Å². The molecule has 0 bridgehead atoms. The molecular weight excluding hydrogens is 234 g/mol. The van der Waals surface area contributed by atoms with Crippen LogP contribution < -0.4 is 0 Å². The van der Waals surface area contributed by atoms with Crippen LogP contribution >= 0.6 is 0 Å². The first-order valence-electron chi connectivity index (χ1n) is 6.17. The number of aromatic nitrogens is 2. The van der Waals surface area contributed by atoms with Crippen LogP contribution in [0.3, 0.4) is 0 Å². The molecule has 0 atom stereocenters. The predicted octanol–water partition coefficient (Wildman–Crippen LogP) is 0.318. The minimum absolute atomic E-state index is 0.0466. The lowest BCUT2D eigenvalue weighted by molar-refractivity contribution is -0.143. The SMILES string of the molecule is Cc1cc(C(=O)N2CCC3(C2)OCCO3)nn1C. The molecule has 0 unspecified atom stereocenters. The van der Waals surface area contributed by atoms with Crippen LogP contribution in [0.15, 0.2) is 6.07 Å². The lowest BCUT2D eigenvalue weighted by Crippen LogP contribution is -2.37. The zero-order valence-corrected chi connectivity index (χ0v) is 10.7. The van der Waals surface area contributed by atoms with E-state index in [1.807, 2.05) is 20.0 Å². The van der Waals surface area contributed by atoms with Gasteiger partial charge >= 0.3 is 0 Å². The Morgan fingerprint density at radius 2 is 2.17 bits per heavy atom. The number of rotatable bonds is 1. The largest absolute Gasteiger partial charge is 0.346 e. The summed E-state index contributed by atoms with van der Waals surface area (Å²) in [5.41, 5.74) is 1.46. The minimum atomic E-state index is -0.556. The van der Waals surface area contributed by atoms with Crippen LogP contribution in [-0.2, 0) is 16.5 Å². The Hall–Kier alpha value is -1.40. The quantitative estimate of drug-likeness (QED) is 0.721. The molecule has 18 heavy (non-hydrogen) atoms. The summed E-state index contributed by atoms with van der Waals surface area (Å²) in [6.45, 7) is 4.32.